The average molecular weight is 1690 g/mol. The Kier molecular flexibility index (Phi) is 26.8. The molecule has 4 aliphatic carbocycles. The van der Waals surface area contributed by atoms with Crippen molar-refractivity contribution >= 4 is 80.1 Å². The Balaban J connectivity index is 0.983. The molecule has 31 nitrogen and oxygen atoms in total. The molecule has 5 fully saturated rings. The van der Waals surface area contributed by atoms with Gasteiger partial charge in [0.15, 0.2) is 28.8 Å². The number of aliphatic hydroxyl groups is 6. The lowest BCUT2D eigenvalue weighted by Crippen LogP contribution is -2.60. The van der Waals surface area contributed by atoms with Crippen molar-refractivity contribution in [1.29, 1.82) is 0 Å². The van der Waals surface area contributed by atoms with Crippen LogP contribution in [0.25, 0.3) is 11.1 Å². The summed E-state index contributed by atoms with van der Waals surface area (Å²) < 4.78 is 72.1. The van der Waals surface area contributed by atoms with E-state index in [0.717, 1.165) is 86.7 Å². The molecule has 16 rings (SSSR count). The van der Waals surface area contributed by atoms with E-state index in [2.05, 4.69) is 21.3 Å². The number of amides is 5. The van der Waals surface area contributed by atoms with Gasteiger partial charge in [0.05, 0.1) is 53.2 Å². The zero-order chi connectivity index (χ0) is 84.5. The van der Waals surface area contributed by atoms with Crippen LogP contribution >= 0.6 is 23.2 Å². The van der Waals surface area contributed by atoms with Crippen LogP contribution in [0.3, 0.4) is 0 Å². The number of halogens is 2. The first-order valence-corrected chi connectivity index (χ1v) is 41.5. The highest BCUT2D eigenvalue weighted by Crippen LogP contribution is 2.58. The molecule has 118 heavy (non-hydrogen) atoms. The Morgan fingerprint density at radius 2 is 1.28 bits per heavy atom. The number of carbonyl (C=O) groups excluding carboxylic acids is 8. The molecule has 0 unspecified atom stereocenters. The Bertz CT molecular complexity index is 4910. The fourth-order valence-corrected chi connectivity index (χ4v) is 19.1. The monoisotopic (exact) mass is 1690 g/mol. The van der Waals surface area contributed by atoms with Crippen molar-refractivity contribution in [3.63, 3.8) is 0 Å². The van der Waals surface area contributed by atoms with Crippen molar-refractivity contribution in [1.82, 2.24) is 26.0 Å². The highest BCUT2D eigenvalue weighted by atomic mass is 35.5. The van der Waals surface area contributed by atoms with Gasteiger partial charge in [0.1, 0.15) is 102 Å². The minimum atomic E-state index is -4.89. The van der Waals surface area contributed by atoms with Crippen molar-refractivity contribution in [3.8, 4) is 62.9 Å². The molecule has 15 bridgehead atoms. The van der Waals surface area contributed by atoms with Gasteiger partial charge in [-0.05, 0) is 187 Å². The van der Waals surface area contributed by atoms with Crippen LogP contribution in [0.4, 0.5) is 0 Å². The van der Waals surface area contributed by atoms with Crippen LogP contribution in [0.15, 0.2) is 108 Å². The first kappa shape index (κ1) is 86.3. The standard InChI is InChI=1S/C84H95Cl2N5O26S/c1-5-41(20-38(2)3)80(105)89-72-60(96)29-48(32-68(99)91-118(109,110)51-11-9-50(10-12-51)113-19-18-112-17-16-111-4)81(106)87-70-47-30-65(114-63-14-7-43(74(72)100)27-56(63)85)79(117-84-78(104)77(103)76(102)67(37-92)116-84)66(31-47)115-64-15-8-44(28-57(64)86)75(101)73-83(108)88-71(62(98)35-52-45-22-39-21-40(24-45)25-46(52)23-39)55-33-49(93)34-59(95)69(55)54-26-42(6-13-58(54)94)53(36-61(70)97)82(107)90-73/h6-15,26-28,30-31,33-34,38-41,45-46,48,52-53,67,70-78,84,92-95,100-104H,5,16-25,29,32,35-37H2,1-4H3,(H,87,106)(H,88,108)(H,89,105)(H,90,107)(H,91,99)/t39?,40?,41-,45?,46?,48+,52?,53-,67-,70-,71+,72+,73+,74-,75-,76-,77+,78-,84+/m1/s1. The second-order valence-electron chi connectivity index (χ2n) is 31.9. The summed E-state index contributed by atoms with van der Waals surface area (Å²) in [5.74, 6) is -16.9. The third-order valence-corrected chi connectivity index (χ3v) is 25.4. The van der Waals surface area contributed by atoms with E-state index in [-0.39, 0.29) is 112 Å². The fraction of sp³-hybridized carbons (Fsp3) is 0.476. The number of rotatable bonds is 22. The smallest absolute Gasteiger partial charge is 0.264 e. The Hall–Kier alpha value is -9.55. The van der Waals surface area contributed by atoms with Crippen LogP contribution in [0, 0.1) is 47.3 Å². The van der Waals surface area contributed by atoms with Crippen molar-refractivity contribution < 1.29 is 126 Å². The summed E-state index contributed by atoms with van der Waals surface area (Å²) in [6.45, 7) is 5.29. The molecule has 6 aromatic rings. The number of phenolic OH excluding ortho intramolecular Hbond substituents is 3. The quantitative estimate of drug-likeness (QED) is 0.0297. The minimum Gasteiger partial charge on any atom is -0.508 e. The number of hydrogen-bond acceptors (Lipinski definition) is 26. The van der Waals surface area contributed by atoms with Gasteiger partial charge in [0, 0.05) is 55.9 Å². The molecule has 6 aliphatic heterocycles. The van der Waals surface area contributed by atoms with Crippen molar-refractivity contribution in [2.45, 2.75) is 169 Å². The number of sulfonamides is 1. The number of carbonyl (C=O) groups is 8. The zero-order valence-electron chi connectivity index (χ0n) is 64.8. The van der Waals surface area contributed by atoms with Crippen LogP contribution in [0.1, 0.15) is 149 Å². The second-order valence-corrected chi connectivity index (χ2v) is 34.4. The van der Waals surface area contributed by atoms with Gasteiger partial charge in [0.2, 0.25) is 41.6 Å². The number of ketones is 3. The number of aliphatic hydroxyl groups excluding tert-OH is 6. The lowest BCUT2D eigenvalue weighted by molar-refractivity contribution is -0.277. The molecule has 632 valence electrons. The maximum Gasteiger partial charge on any atom is 0.264 e. The molecule has 1 saturated heterocycles. The molecule has 0 aromatic heterocycles. The van der Waals surface area contributed by atoms with Crippen LogP contribution < -0.4 is 44.9 Å². The average Bonchev–Trinajstić information content (AvgIpc) is 0.759. The molecule has 14 N–H and O–H groups in total. The predicted octanol–water partition coefficient (Wildman–Crippen LogP) is 7.29. The summed E-state index contributed by atoms with van der Waals surface area (Å²) in [4.78, 5) is 124. The van der Waals surface area contributed by atoms with Gasteiger partial charge in [-0.25, -0.2) is 13.1 Å². The fourth-order valence-electron chi connectivity index (χ4n) is 17.7. The SMILES string of the molecule is CC[C@H](CC(C)C)C(=O)N[C@H]1C(=O)C[C@@H](CC(=O)NS(=O)(=O)c2ccc(OCCOCCOC)cc2)C(=O)N[C@H]2C(=O)C[C@H]3C(=O)N[C@H](C(=O)N[C@H](C(=O)CC4C5CC6CC(C5)CC4C6)c4cc(O)cc(O)c4-c4cc3ccc4O)[C@H](O)c3ccc(c(Cl)c3)Oc3cc2cc(c3O[C@@H]2O[C@H](CO)[C@@H](O)[C@H](O)[C@H]2O)Oc2ccc(cc2Cl)[C@H]1O. The Morgan fingerprint density at radius 1 is 0.644 bits per heavy atom. The number of benzene rings is 6. The van der Waals surface area contributed by atoms with Gasteiger partial charge < -0.3 is 100 Å². The number of fused-ring (bicyclic) bond motifs is 15. The first-order valence-electron chi connectivity index (χ1n) is 39.3. The largest absolute Gasteiger partial charge is 0.508 e. The molecule has 14 atom stereocenters. The molecule has 6 aromatic carbocycles. The van der Waals surface area contributed by atoms with Crippen molar-refractivity contribution in [2.24, 2.45) is 47.3 Å². The summed E-state index contributed by atoms with van der Waals surface area (Å²) in [5, 5.41) is 115. The van der Waals surface area contributed by atoms with E-state index in [1.807, 2.05) is 18.6 Å². The van der Waals surface area contributed by atoms with E-state index >= 15 is 28.8 Å². The van der Waals surface area contributed by atoms with Gasteiger partial charge in [-0.15, -0.1) is 0 Å². The second kappa shape index (κ2) is 36.6. The molecule has 4 saturated carbocycles. The lowest BCUT2D eigenvalue weighted by Gasteiger charge is -2.54. The van der Waals surface area contributed by atoms with Gasteiger partial charge in [-0.1, -0.05) is 62.2 Å². The molecule has 6 heterocycles. The third-order valence-electron chi connectivity index (χ3n) is 23.5. The summed E-state index contributed by atoms with van der Waals surface area (Å²) >= 11 is 14.3. The summed E-state index contributed by atoms with van der Waals surface area (Å²) in [5.41, 5.74) is -1.81. The van der Waals surface area contributed by atoms with E-state index in [4.69, 9.17) is 56.4 Å². The van der Waals surface area contributed by atoms with Crippen molar-refractivity contribution in [2.75, 3.05) is 40.1 Å². The Labute approximate surface area is 689 Å². The first-order chi connectivity index (χ1) is 56.3. The van der Waals surface area contributed by atoms with Crippen LogP contribution in [-0.2, 0) is 62.6 Å². The van der Waals surface area contributed by atoms with E-state index in [0.29, 0.717) is 24.9 Å². The number of Topliss-reactive ketones (excluding diaryl/α,β-unsaturated/α-hetero) is 3. The molecule has 5 amide bonds. The van der Waals surface area contributed by atoms with E-state index in [9.17, 15) is 64.0 Å². The van der Waals surface area contributed by atoms with Crippen LogP contribution in [-0.4, -0.2) is 184 Å². The number of hydrogen-bond donors (Lipinski definition) is 14. The van der Waals surface area contributed by atoms with Crippen LogP contribution in [0.2, 0.25) is 10.0 Å². The van der Waals surface area contributed by atoms with Gasteiger partial charge in [-0.3, -0.25) is 38.4 Å². The van der Waals surface area contributed by atoms with Gasteiger partial charge >= 0.3 is 0 Å². The number of methoxy groups -OCH3 is 1. The molecule has 10 aliphatic rings. The molecule has 0 radical (unpaired) electrons. The number of ether oxygens (including phenoxy) is 7. The normalized spacial score (nSPS) is 27.8. The molecular weight excluding hydrogens is 1600 g/mol. The minimum absolute atomic E-state index is 0.0557. The predicted molar refractivity (Wildman–Crippen MR) is 420 cm³/mol. The summed E-state index contributed by atoms with van der Waals surface area (Å²) in [6, 6.07) is 11.4. The maximum absolute atomic E-state index is 16.6. The maximum atomic E-state index is 16.6. The van der Waals surface area contributed by atoms with E-state index in [1.54, 1.807) is 6.92 Å². The summed E-state index contributed by atoms with van der Waals surface area (Å²) in [7, 11) is -3.38. The number of nitrogens with one attached hydrogen (secondary N) is 5. The van der Waals surface area contributed by atoms with Crippen LogP contribution in [0.5, 0.6) is 51.7 Å². The lowest BCUT2D eigenvalue weighted by atomic mass is 9.51. The van der Waals surface area contributed by atoms with Crippen molar-refractivity contribution in [3.05, 3.63) is 141 Å². The van der Waals surface area contributed by atoms with E-state index in [1.165, 1.54) is 55.6 Å². The zero-order valence-corrected chi connectivity index (χ0v) is 67.1. The molecular formula is C84H95Cl2N5O26S. The summed E-state index contributed by atoms with van der Waals surface area (Å²) in [6.07, 6.45) is -12.5. The Morgan fingerprint density at radius 3 is 1.90 bits per heavy atom. The highest BCUT2D eigenvalue weighted by molar-refractivity contribution is 7.90. The highest BCUT2D eigenvalue weighted by Gasteiger charge is 2.51. The number of phenols is 3. The van der Waals surface area contributed by atoms with E-state index < -0.39 is 218 Å². The topological polar surface area (TPSA) is 478 Å². The van der Waals surface area contributed by atoms with Gasteiger partial charge in [-0.2, -0.15) is 0 Å². The molecule has 0 spiro atoms. The number of aromatic hydroxyl groups is 3. The van der Waals surface area contributed by atoms with Gasteiger partial charge in [0.25, 0.3) is 10.0 Å². The molecule has 34 heteroatoms. The third kappa shape index (κ3) is 18.9.